The molecular formula is C14H11BrFNO2. The number of benzene rings is 1. The molecule has 2 N–H and O–H groups in total. The lowest BCUT2D eigenvalue weighted by Crippen LogP contribution is -2.10. The molecule has 0 saturated carbocycles. The Balaban J connectivity index is 2.12. The lowest BCUT2D eigenvalue weighted by Gasteiger charge is -2.06. The van der Waals surface area contributed by atoms with Crippen LogP contribution < -0.4 is 5.73 Å². The highest BCUT2D eigenvalue weighted by molar-refractivity contribution is 9.10. The van der Waals surface area contributed by atoms with Gasteiger partial charge in [-0.15, -0.1) is 0 Å². The van der Waals surface area contributed by atoms with Gasteiger partial charge in [-0.25, -0.2) is 4.39 Å². The average Bonchev–Trinajstić information content (AvgIpc) is 2.94. The van der Waals surface area contributed by atoms with Crippen molar-refractivity contribution in [2.75, 3.05) is 0 Å². The lowest BCUT2D eigenvalue weighted by molar-refractivity contribution is 0.432. The Morgan fingerprint density at radius 3 is 2.68 bits per heavy atom. The fourth-order valence-corrected chi connectivity index (χ4v) is 2.45. The summed E-state index contributed by atoms with van der Waals surface area (Å²) >= 11 is 3.23. The molecule has 3 rings (SSSR count). The Bertz CT molecular complexity index is 747. The molecule has 0 saturated heterocycles. The minimum absolute atomic E-state index is 0.294. The number of halogens is 2. The minimum atomic E-state index is -0.512. The summed E-state index contributed by atoms with van der Waals surface area (Å²) in [6.45, 7) is 1.86. The predicted octanol–water partition coefficient (Wildman–Crippen LogP) is 4.28. The van der Waals surface area contributed by atoms with Crippen LogP contribution in [0.2, 0.25) is 0 Å². The van der Waals surface area contributed by atoms with Gasteiger partial charge in [-0.05, 0) is 53.2 Å². The zero-order valence-electron chi connectivity index (χ0n) is 10.1. The van der Waals surface area contributed by atoms with Gasteiger partial charge in [0.2, 0.25) is 0 Å². The van der Waals surface area contributed by atoms with Crippen LogP contribution >= 0.6 is 15.9 Å². The smallest absolute Gasteiger partial charge is 0.169 e. The SMILES string of the molecule is Cc1c(C(N)c2ccc(Br)o2)oc2ccc(F)cc12. The number of aryl methyl sites for hydroxylation is 1. The van der Waals surface area contributed by atoms with Crippen LogP contribution in [-0.2, 0) is 0 Å². The van der Waals surface area contributed by atoms with Crippen molar-refractivity contribution in [3.05, 3.63) is 57.9 Å². The number of rotatable bonds is 2. The maximum absolute atomic E-state index is 13.3. The summed E-state index contributed by atoms with van der Waals surface area (Å²) in [5.41, 5.74) is 7.58. The molecule has 0 bridgehead atoms. The molecule has 0 fully saturated rings. The van der Waals surface area contributed by atoms with Crippen LogP contribution in [0.5, 0.6) is 0 Å². The first-order valence-electron chi connectivity index (χ1n) is 5.75. The van der Waals surface area contributed by atoms with E-state index in [1.54, 1.807) is 18.2 Å². The van der Waals surface area contributed by atoms with Crippen molar-refractivity contribution >= 4 is 26.9 Å². The van der Waals surface area contributed by atoms with Gasteiger partial charge in [-0.2, -0.15) is 0 Å². The van der Waals surface area contributed by atoms with Gasteiger partial charge >= 0.3 is 0 Å². The standard InChI is InChI=1S/C14H11BrFNO2/c1-7-9-6-8(16)2-3-10(9)19-14(7)13(17)11-4-5-12(15)18-11/h2-6,13H,17H2,1H3. The van der Waals surface area contributed by atoms with E-state index in [0.29, 0.717) is 21.8 Å². The fourth-order valence-electron chi connectivity index (χ4n) is 2.13. The maximum atomic E-state index is 13.3. The highest BCUT2D eigenvalue weighted by Crippen LogP contribution is 2.33. The van der Waals surface area contributed by atoms with E-state index in [4.69, 9.17) is 14.6 Å². The van der Waals surface area contributed by atoms with Crippen LogP contribution in [0.25, 0.3) is 11.0 Å². The summed E-state index contributed by atoms with van der Waals surface area (Å²) in [7, 11) is 0. The highest BCUT2D eigenvalue weighted by atomic mass is 79.9. The Labute approximate surface area is 117 Å². The van der Waals surface area contributed by atoms with Crippen LogP contribution in [0.3, 0.4) is 0 Å². The van der Waals surface area contributed by atoms with Crippen LogP contribution in [0, 0.1) is 12.7 Å². The molecule has 5 heteroatoms. The second-order valence-electron chi connectivity index (χ2n) is 4.35. The van der Waals surface area contributed by atoms with E-state index in [-0.39, 0.29) is 5.82 Å². The Hall–Kier alpha value is -1.59. The number of hydrogen-bond acceptors (Lipinski definition) is 3. The van der Waals surface area contributed by atoms with Crippen LogP contribution in [0.1, 0.15) is 23.1 Å². The van der Waals surface area contributed by atoms with E-state index >= 15 is 0 Å². The Morgan fingerprint density at radius 1 is 1.21 bits per heavy atom. The van der Waals surface area contributed by atoms with Crippen molar-refractivity contribution in [2.45, 2.75) is 13.0 Å². The summed E-state index contributed by atoms with van der Waals surface area (Å²) in [6.07, 6.45) is 0. The van der Waals surface area contributed by atoms with E-state index in [1.807, 2.05) is 6.92 Å². The zero-order valence-corrected chi connectivity index (χ0v) is 11.7. The maximum Gasteiger partial charge on any atom is 0.169 e. The van der Waals surface area contributed by atoms with Crippen LogP contribution in [-0.4, -0.2) is 0 Å². The Morgan fingerprint density at radius 2 is 2.00 bits per heavy atom. The minimum Gasteiger partial charge on any atom is -0.459 e. The van der Waals surface area contributed by atoms with E-state index in [9.17, 15) is 4.39 Å². The van der Waals surface area contributed by atoms with Crippen LogP contribution in [0.15, 0.2) is 43.8 Å². The first-order chi connectivity index (χ1) is 9.06. The molecule has 1 aromatic carbocycles. The normalized spacial score (nSPS) is 13.1. The van der Waals surface area contributed by atoms with Crippen molar-refractivity contribution < 1.29 is 13.2 Å². The van der Waals surface area contributed by atoms with Crippen molar-refractivity contribution in [3.63, 3.8) is 0 Å². The lowest BCUT2D eigenvalue weighted by atomic mass is 10.1. The van der Waals surface area contributed by atoms with Gasteiger partial charge in [0.05, 0.1) is 0 Å². The number of hydrogen-bond donors (Lipinski definition) is 1. The third-order valence-corrected chi connectivity index (χ3v) is 3.54. The first kappa shape index (κ1) is 12.4. The fraction of sp³-hybridized carbons (Fsp3) is 0.143. The van der Waals surface area contributed by atoms with Crippen molar-refractivity contribution in [1.82, 2.24) is 0 Å². The molecule has 0 aliphatic rings. The molecule has 2 aromatic heterocycles. The molecule has 0 aliphatic carbocycles. The first-order valence-corrected chi connectivity index (χ1v) is 6.55. The number of nitrogens with two attached hydrogens (primary N) is 1. The van der Waals surface area contributed by atoms with E-state index < -0.39 is 6.04 Å². The summed E-state index contributed by atoms with van der Waals surface area (Å²) in [6, 6.07) is 7.45. The molecule has 3 aromatic rings. The molecule has 1 atom stereocenters. The molecule has 3 nitrogen and oxygen atoms in total. The van der Waals surface area contributed by atoms with Gasteiger partial charge < -0.3 is 14.6 Å². The number of fused-ring (bicyclic) bond motifs is 1. The molecule has 98 valence electrons. The molecule has 0 spiro atoms. The van der Waals surface area contributed by atoms with Gasteiger partial charge in [-0.1, -0.05) is 0 Å². The summed E-state index contributed by atoms with van der Waals surface area (Å²) in [5, 5.41) is 0.732. The molecule has 2 heterocycles. The van der Waals surface area contributed by atoms with Gasteiger partial charge in [-0.3, -0.25) is 0 Å². The van der Waals surface area contributed by atoms with Crippen LogP contribution in [0.4, 0.5) is 4.39 Å². The third-order valence-electron chi connectivity index (χ3n) is 3.12. The quantitative estimate of drug-likeness (QED) is 0.765. The van der Waals surface area contributed by atoms with Crippen molar-refractivity contribution in [2.24, 2.45) is 5.73 Å². The van der Waals surface area contributed by atoms with E-state index in [2.05, 4.69) is 15.9 Å². The topological polar surface area (TPSA) is 52.3 Å². The van der Waals surface area contributed by atoms with Gasteiger partial charge in [0.15, 0.2) is 4.67 Å². The third kappa shape index (κ3) is 2.09. The summed E-state index contributed by atoms with van der Waals surface area (Å²) < 4.78 is 25.0. The molecule has 19 heavy (non-hydrogen) atoms. The molecular weight excluding hydrogens is 313 g/mol. The number of furan rings is 2. The second-order valence-corrected chi connectivity index (χ2v) is 5.13. The zero-order chi connectivity index (χ0) is 13.6. The van der Waals surface area contributed by atoms with Gasteiger partial charge in [0.1, 0.15) is 29.0 Å². The second kappa shape index (κ2) is 4.51. The molecule has 0 radical (unpaired) electrons. The van der Waals surface area contributed by atoms with Crippen molar-refractivity contribution in [1.29, 1.82) is 0 Å². The van der Waals surface area contributed by atoms with Gasteiger partial charge in [0, 0.05) is 10.9 Å². The molecule has 1 unspecified atom stereocenters. The monoisotopic (exact) mass is 323 g/mol. The molecule has 0 aliphatic heterocycles. The van der Waals surface area contributed by atoms with E-state index in [1.165, 1.54) is 12.1 Å². The van der Waals surface area contributed by atoms with Gasteiger partial charge in [0.25, 0.3) is 0 Å². The van der Waals surface area contributed by atoms with E-state index in [0.717, 1.165) is 10.9 Å². The van der Waals surface area contributed by atoms with Crippen molar-refractivity contribution in [3.8, 4) is 0 Å². The Kier molecular flexibility index (Phi) is 2.95. The summed E-state index contributed by atoms with van der Waals surface area (Å²) in [4.78, 5) is 0. The predicted molar refractivity (Wildman–Crippen MR) is 73.3 cm³/mol. The largest absolute Gasteiger partial charge is 0.459 e. The average molecular weight is 324 g/mol. The highest BCUT2D eigenvalue weighted by Gasteiger charge is 2.21. The molecule has 0 amide bonds. The summed E-state index contributed by atoms with van der Waals surface area (Å²) in [5.74, 6) is 0.884.